The molecule has 0 atom stereocenters. The van der Waals surface area contributed by atoms with Gasteiger partial charge in [-0.15, -0.1) is 0 Å². The zero-order chi connectivity index (χ0) is 12.2. The number of hydrogen-bond donors (Lipinski definition) is 0. The van der Waals surface area contributed by atoms with Crippen molar-refractivity contribution in [3.8, 4) is 0 Å². The average Bonchev–Trinajstić information content (AvgIpc) is 2.90. The summed E-state index contributed by atoms with van der Waals surface area (Å²) in [5.41, 5.74) is 2.21. The molecule has 3 aliphatic rings. The van der Waals surface area contributed by atoms with Crippen molar-refractivity contribution in [3.63, 3.8) is 0 Å². The lowest BCUT2D eigenvalue weighted by molar-refractivity contribution is -0.107. The maximum atomic E-state index is 11.6. The molecule has 0 saturated heterocycles. The summed E-state index contributed by atoms with van der Waals surface area (Å²) in [7, 11) is 0. The number of allylic oxidation sites excluding steroid dienone is 2. The van der Waals surface area contributed by atoms with Gasteiger partial charge in [0.1, 0.15) is 0 Å². The molecule has 0 amide bonds. The quantitative estimate of drug-likeness (QED) is 0.765. The van der Waals surface area contributed by atoms with Gasteiger partial charge >= 0.3 is 0 Å². The maximum absolute atomic E-state index is 11.6. The number of fused-ring (bicyclic) bond motifs is 2. The Morgan fingerprint density at radius 2 is 1.35 bits per heavy atom. The highest BCUT2D eigenvalue weighted by Crippen LogP contribution is 2.64. The Bertz CT molecular complexity index is 490. The zero-order valence-electron chi connectivity index (χ0n) is 9.70. The predicted octanol–water partition coefficient (Wildman–Crippen LogP) is 3.42. The van der Waals surface area contributed by atoms with Gasteiger partial charge in [0.2, 0.25) is 10.2 Å². The normalized spacial score (nSPS) is 25.1. The Morgan fingerprint density at radius 1 is 0.941 bits per heavy atom. The highest BCUT2D eigenvalue weighted by molar-refractivity contribution is 8.21. The maximum Gasteiger partial charge on any atom is 0.217 e. The summed E-state index contributed by atoms with van der Waals surface area (Å²) in [5, 5.41) is 0.209. The second-order valence-corrected chi connectivity index (χ2v) is 6.44. The highest BCUT2D eigenvalue weighted by atomic mass is 32.2. The van der Waals surface area contributed by atoms with Crippen LogP contribution in [0, 0.1) is 5.41 Å². The minimum atomic E-state index is -0.0943. The van der Waals surface area contributed by atoms with Gasteiger partial charge in [0, 0.05) is 15.2 Å². The third-order valence-corrected chi connectivity index (χ3v) is 5.89. The third-order valence-electron chi connectivity index (χ3n) is 3.86. The number of rotatable bonds is 2. The van der Waals surface area contributed by atoms with E-state index >= 15 is 0 Å². The molecule has 0 unspecified atom stereocenters. The van der Waals surface area contributed by atoms with Crippen LogP contribution in [0.5, 0.6) is 0 Å². The van der Waals surface area contributed by atoms with Gasteiger partial charge in [0.15, 0.2) is 0 Å². The van der Waals surface area contributed by atoms with Crippen LogP contribution in [-0.2, 0) is 9.59 Å². The van der Waals surface area contributed by atoms with Gasteiger partial charge in [-0.1, -0.05) is 13.8 Å². The summed E-state index contributed by atoms with van der Waals surface area (Å²) in [5.74, 6) is 0. The molecule has 0 saturated carbocycles. The van der Waals surface area contributed by atoms with E-state index in [2.05, 4.69) is 13.8 Å². The lowest BCUT2D eigenvalue weighted by atomic mass is 9.73. The molecule has 2 heterocycles. The Kier molecular flexibility index (Phi) is 2.42. The van der Waals surface area contributed by atoms with Crippen molar-refractivity contribution in [2.75, 3.05) is 0 Å². The van der Waals surface area contributed by atoms with Crippen LogP contribution < -0.4 is 0 Å². The largest absolute Gasteiger partial charge is 0.282 e. The Labute approximate surface area is 109 Å². The van der Waals surface area contributed by atoms with E-state index in [4.69, 9.17) is 0 Å². The number of carbonyl (C=O) groups is 2. The molecule has 88 valence electrons. The lowest BCUT2D eigenvalue weighted by Crippen LogP contribution is -2.20. The van der Waals surface area contributed by atoms with Crippen LogP contribution in [-0.4, -0.2) is 10.2 Å². The first-order valence-corrected chi connectivity index (χ1v) is 7.38. The van der Waals surface area contributed by atoms with Crippen molar-refractivity contribution in [1.82, 2.24) is 0 Å². The topological polar surface area (TPSA) is 34.1 Å². The molecule has 0 aromatic rings. The van der Waals surface area contributed by atoms with Gasteiger partial charge in [-0.3, -0.25) is 9.59 Å². The predicted molar refractivity (Wildman–Crippen MR) is 71.4 cm³/mol. The van der Waals surface area contributed by atoms with Crippen molar-refractivity contribution in [3.05, 3.63) is 33.1 Å². The molecule has 0 N–H and O–H groups in total. The molecule has 4 heteroatoms. The molecule has 0 aromatic carbocycles. The van der Waals surface area contributed by atoms with Gasteiger partial charge in [-0.25, -0.2) is 0 Å². The van der Waals surface area contributed by atoms with Crippen molar-refractivity contribution in [2.24, 2.45) is 5.41 Å². The van der Waals surface area contributed by atoms with Crippen molar-refractivity contribution < 1.29 is 9.59 Å². The third kappa shape index (κ3) is 1.31. The van der Waals surface area contributed by atoms with Crippen molar-refractivity contribution in [1.29, 1.82) is 0 Å². The molecule has 1 aliphatic carbocycles. The van der Waals surface area contributed by atoms with Gasteiger partial charge < -0.3 is 0 Å². The molecule has 2 aliphatic heterocycles. The van der Waals surface area contributed by atoms with E-state index in [1.54, 1.807) is 12.2 Å². The fourth-order valence-electron chi connectivity index (χ4n) is 2.94. The fourth-order valence-corrected chi connectivity index (χ4v) is 5.08. The molecule has 0 fully saturated rings. The summed E-state index contributed by atoms with van der Waals surface area (Å²) in [6.45, 7) is 4.26. The van der Waals surface area contributed by atoms with Gasteiger partial charge in [-0.2, -0.15) is 0 Å². The molecule has 3 rings (SSSR count). The number of thioether (sulfide) groups is 2. The highest BCUT2D eigenvalue weighted by Gasteiger charge is 2.50. The average molecular weight is 264 g/mol. The smallest absolute Gasteiger partial charge is 0.217 e. The summed E-state index contributed by atoms with van der Waals surface area (Å²) in [6, 6.07) is 0. The van der Waals surface area contributed by atoms with Crippen LogP contribution in [0.1, 0.15) is 26.7 Å². The minimum absolute atomic E-state index is 0.0943. The van der Waals surface area contributed by atoms with Crippen LogP contribution in [0.2, 0.25) is 0 Å². The van der Waals surface area contributed by atoms with E-state index < -0.39 is 0 Å². The first-order chi connectivity index (χ1) is 8.12. The van der Waals surface area contributed by atoms with Crippen LogP contribution in [0.3, 0.4) is 0 Å². The Morgan fingerprint density at radius 3 is 1.71 bits per heavy atom. The Hall–Kier alpha value is -0.740. The van der Waals surface area contributed by atoms with Gasteiger partial charge in [0.25, 0.3) is 0 Å². The minimum Gasteiger partial charge on any atom is -0.282 e. The second kappa shape index (κ2) is 3.62. The molecule has 0 spiro atoms. The van der Waals surface area contributed by atoms with Crippen LogP contribution in [0.15, 0.2) is 33.1 Å². The summed E-state index contributed by atoms with van der Waals surface area (Å²) < 4.78 is 0. The van der Waals surface area contributed by atoms with E-state index in [1.807, 2.05) is 0 Å². The van der Waals surface area contributed by atoms with Crippen LogP contribution in [0.4, 0.5) is 0 Å². The molecule has 2 nitrogen and oxygen atoms in total. The standard InChI is InChI=1S/C13H12O2S2/c1-3-13(4-2)7-5-9(14)16-11(7)12-8(13)6-10(15)17-12/h5-6H,3-4H2,1-2H3. The van der Waals surface area contributed by atoms with Crippen LogP contribution >= 0.6 is 23.5 Å². The summed E-state index contributed by atoms with van der Waals surface area (Å²) >= 11 is 2.56. The zero-order valence-corrected chi connectivity index (χ0v) is 11.3. The Balaban J connectivity index is 2.24. The van der Waals surface area contributed by atoms with E-state index in [0.29, 0.717) is 0 Å². The van der Waals surface area contributed by atoms with Gasteiger partial charge in [-0.05, 0) is 59.7 Å². The molecule has 0 bridgehead atoms. The van der Waals surface area contributed by atoms with Crippen molar-refractivity contribution >= 4 is 33.8 Å². The summed E-state index contributed by atoms with van der Waals surface area (Å²) in [4.78, 5) is 25.3. The number of carbonyl (C=O) groups excluding carboxylic acids is 2. The summed E-state index contributed by atoms with van der Waals surface area (Å²) in [6.07, 6.45) is 5.42. The van der Waals surface area contributed by atoms with Crippen LogP contribution in [0.25, 0.3) is 0 Å². The monoisotopic (exact) mass is 264 g/mol. The lowest BCUT2D eigenvalue weighted by Gasteiger charge is -2.29. The molecular formula is C13H12O2S2. The molecule has 0 aromatic heterocycles. The van der Waals surface area contributed by atoms with E-state index in [1.165, 1.54) is 23.5 Å². The van der Waals surface area contributed by atoms with E-state index in [-0.39, 0.29) is 15.6 Å². The van der Waals surface area contributed by atoms with Gasteiger partial charge in [0.05, 0.1) is 0 Å². The van der Waals surface area contributed by atoms with Crippen molar-refractivity contribution in [2.45, 2.75) is 26.7 Å². The molecule has 0 radical (unpaired) electrons. The first-order valence-electron chi connectivity index (χ1n) is 5.75. The first kappa shape index (κ1) is 11.4. The number of hydrogen-bond acceptors (Lipinski definition) is 4. The second-order valence-electron chi connectivity index (χ2n) is 4.41. The molecular weight excluding hydrogens is 252 g/mol. The van der Waals surface area contributed by atoms with E-state index in [9.17, 15) is 9.59 Å². The van der Waals surface area contributed by atoms with E-state index in [0.717, 1.165) is 33.8 Å². The SMILES string of the molecule is CCC1(CC)C2=CC(=O)SC2=C2SC(=O)C=C21. The molecule has 17 heavy (non-hydrogen) atoms. The fraction of sp³-hybridized carbons (Fsp3) is 0.385.